The van der Waals surface area contributed by atoms with Crippen LogP contribution in [0.15, 0.2) is 12.1 Å². The minimum atomic E-state index is -0.323. The summed E-state index contributed by atoms with van der Waals surface area (Å²) in [5, 5.41) is 9.22. The van der Waals surface area contributed by atoms with E-state index < -0.39 is 0 Å². The van der Waals surface area contributed by atoms with Crippen LogP contribution in [-0.4, -0.2) is 12.6 Å². The van der Waals surface area contributed by atoms with Gasteiger partial charge in [-0.15, -0.1) is 0 Å². The number of esters is 1. The average molecular weight is 253 g/mol. The highest BCUT2D eigenvalue weighted by molar-refractivity contribution is 6.31. The molecule has 17 heavy (non-hydrogen) atoms. The Balaban J connectivity index is 3.00. The smallest absolute Gasteiger partial charge is 0.310 e. The van der Waals surface area contributed by atoms with E-state index in [1.54, 1.807) is 19.1 Å². The molecule has 0 atom stereocenters. The summed E-state index contributed by atoms with van der Waals surface area (Å²) in [5.41, 5.74) is 7.23. The highest BCUT2D eigenvalue weighted by atomic mass is 35.5. The zero-order valence-corrected chi connectivity index (χ0v) is 10.3. The molecule has 5 heteroatoms. The zero-order chi connectivity index (χ0) is 12.8. The molecule has 0 aromatic heterocycles. The summed E-state index contributed by atoms with van der Waals surface area (Å²) in [5.74, 6) is -0.323. The topological polar surface area (TPSA) is 76.1 Å². The summed E-state index contributed by atoms with van der Waals surface area (Å²) >= 11 is 5.94. The molecule has 0 unspecified atom stereocenters. The fraction of sp³-hybridized carbons (Fsp3) is 0.333. The second kappa shape index (κ2) is 6.24. The van der Waals surface area contributed by atoms with Crippen molar-refractivity contribution in [2.75, 3.05) is 6.61 Å². The van der Waals surface area contributed by atoms with Crippen LogP contribution in [0.2, 0.25) is 5.02 Å². The van der Waals surface area contributed by atoms with Gasteiger partial charge in [0.25, 0.3) is 0 Å². The predicted octanol–water partition coefficient (Wildman–Crippen LogP) is 1.78. The van der Waals surface area contributed by atoms with Crippen LogP contribution in [0.25, 0.3) is 0 Å². The Morgan fingerprint density at radius 1 is 1.59 bits per heavy atom. The molecule has 90 valence electrons. The lowest BCUT2D eigenvalue weighted by molar-refractivity contribution is -0.142. The van der Waals surface area contributed by atoms with Gasteiger partial charge >= 0.3 is 5.97 Å². The number of hydrogen-bond acceptors (Lipinski definition) is 4. The third kappa shape index (κ3) is 3.45. The number of hydrogen-bond donors (Lipinski definition) is 1. The quantitative estimate of drug-likeness (QED) is 0.829. The van der Waals surface area contributed by atoms with E-state index in [1.165, 1.54) is 0 Å². The lowest BCUT2D eigenvalue weighted by Crippen LogP contribution is -2.09. The summed E-state index contributed by atoms with van der Waals surface area (Å²) in [6.07, 6.45) is 0.131. The third-order valence-corrected chi connectivity index (χ3v) is 2.52. The summed E-state index contributed by atoms with van der Waals surface area (Å²) in [4.78, 5) is 11.3. The number of carbonyl (C=O) groups excluding carboxylic acids is 1. The maximum Gasteiger partial charge on any atom is 0.310 e. The van der Waals surface area contributed by atoms with Crippen molar-refractivity contribution < 1.29 is 9.53 Å². The second-order valence-electron chi connectivity index (χ2n) is 3.41. The number of nitriles is 1. The Bertz CT molecular complexity index is 466. The molecule has 1 rings (SSSR count). The Labute approximate surface area is 105 Å². The molecule has 0 bridgehead atoms. The van der Waals surface area contributed by atoms with E-state index in [9.17, 15) is 4.79 Å². The molecule has 0 amide bonds. The van der Waals surface area contributed by atoms with Gasteiger partial charge in [-0.2, -0.15) is 5.26 Å². The maximum atomic E-state index is 11.3. The first-order chi connectivity index (χ1) is 8.12. The molecule has 1 aromatic rings. The largest absolute Gasteiger partial charge is 0.466 e. The van der Waals surface area contributed by atoms with E-state index in [4.69, 9.17) is 27.3 Å². The number of nitrogens with two attached hydrogens (primary N) is 1. The number of halogens is 1. The number of benzene rings is 1. The second-order valence-corrected chi connectivity index (χ2v) is 3.82. The van der Waals surface area contributed by atoms with Gasteiger partial charge in [0.2, 0.25) is 0 Å². The third-order valence-electron chi connectivity index (χ3n) is 2.22. The van der Waals surface area contributed by atoms with Crippen molar-refractivity contribution in [3.63, 3.8) is 0 Å². The van der Waals surface area contributed by atoms with E-state index in [-0.39, 0.29) is 18.9 Å². The Morgan fingerprint density at radius 3 is 2.82 bits per heavy atom. The number of ether oxygens (including phenoxy) is 1. The minimum absolute atomic E-state index is 0.131. The van der Waals surface area contributed by atoms with E-state index >= 15 is 0 Å². The minimum Gasteiger partial charge on any atom is -0.466 e. The fourth-order valence-corrected chi connectivity index (χ4v) is 1.80. The zero-order valence-electron chi connectivity index (χ0n) is 9.50. The Hall–Kier alpha value is -1.57. The molecule has 4 nitrogen and oxygen atoms in total. The van der Waals surface area contributed by atoms with Gasteiger partial charge in [-0.25, -0.2) is 0 Å². The van der Waals surface area contributed by atoms with Crippen LogP contribution in [0.4, 0.5) is 0 Å². The highest BCUT2D eigenvalue weighted by Crippen LogP contribution is 2.22. The number of nitrogens with zero attached hydrogens (tertiary/aromatic N) is 1. The van der Waals surface area contributed by atoms with Crippen LogP contribution in [0.1, 0.15) is 23.6 Å². The summed E-state index contributed by atoms with van der Waals surface area (Å²) < 4.78 is 4.84. The summed E-state index contributed by atoms with van der Waals surface area (Å²) in [7, 11) is 0. The van der Waals surface area contributed by atoms with Crippen molar-refractivity contribution in [3.8, 4) is 6.07 Å². The Morgan fingerprint density at radius 2 is 2.29 bits per heavy atom. The average Bonchev–Trinajstić information content (AvgIpc) is 2.28. The van der Waals surface area contributed by atoms with Gasteiger partial charge in [0, 0.05) is 6.54 Å². The molecule has 0 fully saturated rings. The van der Waals surface area contributed by atoms with Gasteiger partial charge in [0.15, 0.2) is 0 Å². The lowest BCUT2D eigenvalue weighted by Gasteiger charge is -2.07. The van der Waals surface area contributed by atoms with Crippen LogP contribution in [0.5, 0.6) is 0 Å². The summed E-state index contributed by atoms with van der Waals surface area (Å²) in [6, 6.07) is 5.30. The molecule has 0 aliphatic rings. The van der Waals surface area contributed by atoms with Crippen LogP contribution in [-0.2, 0) is 22.5 Å². The van der Waals surface area contributed by atoms with Crippen molar-refractivity contribution in [3.05, 3.63) is 33.8 Å². The molecule has 0 saturated carbocycles. The first-order valence-corrected chi connectivity index (χ1v) is 5.57. The monoisotopic (exact) mass is 252 g/mol. The van der Waals surface area contributed by atoms with Crippen LogP contribution in [0.3, 0.4) is 0 Å². The van der Waals surface area contributed by atoms with Gasteiger partial charge in [0.1, 0.15) is 6.07 Å². The number of carbonyl (C=O) groups is 1. The fourth-order valence-electron chi connectivity index (χ4n) is 1.49. The van der Waals surface area contributed by atoms with Crippen LogP contribution >= 0.6 is 11.6 Å². The van der Waals surface area contributed by atoms with Crippen LogP contribution < -0.4 is 5.73 Å². The first-order valence-electron chi connectivity index (χ1n) is 5.19. The maximum absolute atomic E-state index is 11.3. The molecule has 0 saturated heterocycles. The van der Waals surface area contributed by atoms with E-state index in [2.05, 4.69) is 0 Å². The molecule has 0 aliphatic heterocycles. The first kappa shape index (κ1) is 13.5. The lowest BCUT2D eigenvalue weighted by atomic mass is 10.0. The van der Waals surface area contributed by atoms with Gasteiger partial charge < -0.3 is 10.5 Å². The van der Waals surface area contributed by atoms with E-state index in [0.29, 0.717) is 28.3 Å². The molecule has 2 N–H and O–H groups in total. The van der Waals surface area contributed by atoms with Gasteiger partial charge in [-0.3, -0.25) is 4.79 Å². The molecule has 0 heterocycles. The number of rotatable bonds is 4. The van der Waals surface area contributed by atoms with Crippen LogP contribution in [0, 0.1) is 11.3 Å². The molecule has 0 spiro atoms. The highest BCUT2D eigenvalue weighted by Gasteiger charge is 2.11. The molecule has 0 aliphatic carbocycles. The van der Waals surface area contributed by atoms with Crippen molar-refractivity contribution in [2.45, 2.75) is 19.9 Å². The van der Waals surface area contributed by atoms with Crippen molar-refractivity contribution in [1.29, 1.82) is 5.26 Å². The molecular weight excluding hydrogens is 240 g/mol. The van der Waals surface area contributed by atoms with Crippen molar-refractivity contribution >= 4 is 17.6 Å². The molecular formula is C12H13ClN2O2. The van der Waals surface area contributed by atoms with Gasteiger partial charge in [-0.05, 0) is 24.1 Å². The van der Waals surface area contributed by atoms with Gasteiger partial charge in [0.05, 0.1) is 23.6 Å². The van der Waals surface area contributed by atoms with Crippen molar-refractivity contribution in [1.82, 2.24) is 0 Å². The standard InChI is InChI=1S/C12H13ClN2O2/c1-2-17-12(16)5-8-3-9(6-14)10(7-15)11(13)4-8/h3-4H,2,5-6,14H2,1H3. The normalized spacial score (nSPS) is 9.76. The van der Waals surface area contributed by atoms with Crippen molar-refractivity contribution in [2.24, 2.45) is 5.73 Å². The van der Waals surface area contributed by atoms with Gasteiger partial charge in [-0.1, -0.05) is 17.7 Å². The SMILES string of the molecule is CCOC(=O)Cc1cc(Cl)c(C#N)c(CN)c1. The van der Waals surface area contributed by atoms with E-state index in [0.717, 1.165) is 0 Å². The molecule has 1 aromatic carbocycles. The Kier molecular flexibility index (Phi) is 4.95. The summed E-state index contributed by atoms with van der Waals surface area (Å²) in [6.45, 7) is 2.29. The predicted molar refractivity (Wildman–Crippen MR) is 64.4 cm³/mol. The molecule has 0 radical (unpaired) electrons. The van der Waals surface area contributed by atoms with E-state index in [1.807, 2.05) is 6.07 Å².